The van der Waals surface area contributed by atoms with E-state index in [4.69, 9.17) is 4.74 Å². The Morgan fingerprint density at radius 1 is 1.33 bits per heavy atom. The van der Waals surface area contributed by atoms with E-state index in [1.807, 2.05) is 4.98 Å². The fraction of sp³-hybridized carbons (Fsp3) is 0.118. The first-order chi connectivity index (χ1) is 11.5. The molecule has 0 aliphatic rings. The topological polar surface area (TPSA) is 101 Å². The number of ketones is 1. The number of carbonyl (C=O) groups excluding carboxylic acids is 1. The Balaban J connectivity index is 2.37. The minimum Gasteiger partial charge on any atom is -0.497 e. The first kappa shape index (κ1) is 17.0. The molecule has 1 heterocycles. The molecule has 1 aromatic carbocycles. The summed E-state index contributed by atoms with van der Waals surface area (Å²) in [5.74, 6) is -0.737. The number of nitrogens with one attached hydrogen (secondary N) is 1. The van der Waals surface area contributed by atoms with Crippen LogP contribution in [0.4, 0.5) is 0 Å². The molecule has 124 valence electrons. The van der Waals surface area contributed by atoms with E-state index in [2.05, 4.69) is 6.58 Å². The van der Waals surface area contributed by atoms with Gasteiger partial charge >= 0.3 is 5.69 Å². The molecule has 24 heavy (non-hydrogen) atoms. The zero-order valence-electron chi connectivity index (χ0n) is 13.0. The average Bonchev–Trinajstić information content (AvgIpc) is 2.57. The highest BCUT2D eigenvalue weighted by Crippen LogP contribution is 2.14. The second-order valence-corrected chi connectivity index (χ2v) is 4.83. The summed E-state index contributed by atoms with van der Waals surface area (Å²) < 4.78 is 5.88. The number of aromatic amines is 1. The molecule has 0 radical (unpaired) electrons. The van der Waals surface area contributed by atoms with Gasteiger partial charge in [0.1, 0.15) is 11.3 Å². The number of carbonyl (C=O) groups is 1. The lowest BCUT2D eigenvalue weighted by molar-refractivity contribution is 0.104. The molecule has 0 unspecified atom stereocenters. The third-order valence-electron chi connectivity index (χ3n) is 3.27. The van der Waals surface area contributed by atoms with Gasteiger partial charge in [0.25, 0.3) is 5.56 Å². The molecule has 2 N–H and O–H groups in total. The summed E-state index contributed by atoms with van der Waals surface area (Å²) in [6, 6.07) is 6.90. The Morgan fingerprint density at radius 2 is 2.00 bits per heavy atom. The third-order valence-corrected chi connectivity index (χ3v) is 3.27. The quantitative estimate of drug-likeness (QED) is 0.473. The van der Waals surface area contributed by atoms with E-state index in [-0.39, 0.29) is 6.54 Å². The number of H-pyrrole nitrogens is 1. The van der Waals surface area contributed by atoms with Gasteiger partial charge in [0.2, 0.25) is 5.88 Å². The smallest absolute Gasteiger partial charge is 0.331 e. The summed E-state index contributed by atoms with van der Waals surface area (Å²) in [5, 5.41) is 10.0. The number of hydrogen-bond donors (Lipinski definition) is 2. The van der Waals surface area contributed by atoms with E-state index in [0.29, 0.717) is 11.3 Å². The average molecular weight is 328 g/mol. The van der Waals surface area contributed by atoms with Gasteiger partial charge in [-0.05, 0) is 23.8 Å². The highest BCUT2D eigenvalue weighted by molar-refractivity contribution is 6.08. The van der Waals surface area contributed by atoms with Crippen LogP contribution >= 0.6 is 0 Å². The van der Waals surface area contributed by atoms with Gasteiger partial charge in [-0.15, -0.1) is 6.58 Å². The summed E-state index contributed by atoms with van der Waals surface area (Å²) in [5.41, 5.74) is -1.55. The molecule has 0 aliphatic heterocycles. The minimum atomic E-state index is -0.942. The zero-order chi connectivity index (χ0) is 17.7. The monoisotopic (exact) mass is 328 g/mol. The van der Waals surface area contributed by atoms with Crippen molar-refractivity contribution in [1.82, 2.24) is 9.55 Å². The first-order valence-corrected chi connectivity index (χ1v) is 7.01. The molecule has 0 spiro atoms. The number of benzene rings is 1. The lowest BCUT2D eigenvalue weighted by atomic mass is 10.1. The molecule has 0 saturated heterocycles. The van der Waals surface area contributed by atoms with Crippen LogP contribution in [0.3, 0.4) is 0 Å². The van der Waals surface area contributed by atoms with Crippen LogP contribution in [0.5, 0.6) is 11.6 Å². The maximum Gasteiger partial charge on any atom is 0.331 e. The Morgan fingerprint density at radius 3 is 2.58 bits per heavy atom. The van der Waals surface area contributed by atoms with Gasteiger partial charge in [0.15, 0.2) is 5.78 Å². The summed E-state index contributed by atoms with van der Waals surface area (Å²) >= 11 is 0. The predicted octanol–water partition coefficient (Wildman–Crippen LogP) is 1.33. The van der Waals surface area contributed by atoms with Gasteiger partial charge in [0.05, 0.1) is 7.11 Å². The van der Waals surface area contributed by atoms with E-state index in [1.54, 1.807) is 31.4 Å². The Bertz CT molecular complexity index is 904. The first-order valence-electron chi connectivity index (χ1n) is 7.01. The maximum absolute atomic E-state index is 12.2. The van der Waals surface area contributed by atoms with Gasteiger partial charge in [-0.2, -0.15) is 0 Å². The standard InChI is InChI=1S/C17H16N2O5/c1-3-10-19-16(22)14(15(21)18-17(19)23)13(20)9-6-11-4-7-12(24-2)8-5-11/h3-9,22H,1,10H2,2H3,(H,18,21,23). The van der Waals surface area contributed by atoms with Gasteiger partial charge < -0.3 is 9.84 Å². The van der Waals surface area contributed by atoms with Crippen molar-refractivity contribution >= 4 is 11.9 Å². The van der Waals surface area contributed by atoms with Crippen LogP contribution < -0.4 is 16.0 Å². The molecule has 7 nitrogen and oxygen atoms in total. The lowest BCUT2D eigenvalue weighted by Crippen LogP contribution is -2.33. The van der Waals surface area contributed by atoms with Crippen molar-refractivity contribution in [3.8, 4) is 11.6 Å². The second kappa shape index (κ2) is 7.28. The molecule has 1 aromatic heterocycles. The summed E-state index contributed by atoms with van der Waals surface area (Å²) in [7, 11) is 1.54. The van der Waals surface area contributed by atoms with Crippen LogP contribution in [0, 0.1) is 0 Å². The molecule has 7 heteroatoms. The molecular formula is C17H16N2O5. The number of allylic oxidation sites excluding steroid dienone is 2. The Hall–Kier alpha value is -3.35. The van der Waals surface area contributed by atoms with Gasteiger partial charge in [-0.25, -0.2) is 4.79 Å². The van der Waals surface area contributed by atoms with Crippen molar-refractivity contribution < 1.29 is 14.6 Å². The van der Waals surface area contributed by atoms with Crippen LogP contribution in [0.2, 0.25) is 0 Å². The molecule has 2 aromatic rings. The number of methoxy groups -OCH3 is 1. The SMILES string of the molecule is C=CCn1c(O)c(C(=O)C=Cc2ccc(OC)cc2)c(=O)[nH]c1=O. The minimum absolute atomic E-state index is 0.0378. The van der Waals surface area contributed by atoms with E-state index in [0.717, 1.165) is 10.6 Å². The van der Waals surface area contributed by atoms with E-state index in [9.17, 15) is 19.5 Å². The molecule has 0 amide bonds. The predicted molar refractivity (Wildman–Crippen MR) is 89.5 cm³/mol. The normalized spacial score (nSPS) is 10.7. The summed E-state index contributed by atoms with van der Waals surface area (Å²) in [6.07, 6.45) is 4.00. The Labute approximate surface area is 137 Å². The van der Waals surface area contributed by atoms with Crippen molar-refractivity contribution in [2.75, 3.05) is 7.11 Å². The van der Waals surface area contributed by atoms with E-state index < -0.39 is 28.5 Å². The largest absolute Gasteiger partial charge is 0.497 e. The van der Waals surface area contributed by atoms with E-state index >= 15 is 0 Å². The van der Waals surface area contributed by atoms with Gasteiger partial charge in [-0.3, -0.25) is 19.1 Å². The Kier molecular flexibility index (Phi) is 5.16. The van der Waals surface area contributed by atoms with Crippen molar-refractivity contribution in [2.45, 2.75) is 6.54 Å². The molecule has 0 fully saturated rings. The number of rotatable bonds is 6. The number of nitrogens with zero attached hydrogens (tertiary/aromatic N) is 1. The van der Waals surface area contributed by atoms with Crippen molar-refractivity contribution in [3.05, 3.63) is 75.0 Å². The molecule has 0 atom stereocenters. The van der Waals surface area contributed by atoms with Crippen molar-refractivity contribution in [1.29, 1.82) is 0 Å². The van der Waals surface area contributed by atoms with Crippen molar-refractivity contribution in [2.24, 2.45) is 0 Å². The second-order valence-electron chi connectivity index (χ2n) is 4.83. The summed E-state index contributed by atoms with van der Waals surface area (Å²) in [4.78, 5) is 37.7. The fourth-order valence-electron chi connectivity index (χ4n) is 2.05. The van der Waals surface area contributed by atoms with E-state index in [1.165, 1.54) is 12.2 Å². The van der Waals surface area contributed by atoms with Crippen LogP contribution in [-0.2, 0) is 6.54 Å². The number of ether oxygens (including phenoxy) is 1. The van der Waals surface area contributed by atoms with Crippen molar-refractivity contribution in [3.63, 3.8) is 0 Å². The molecule has 0 saturated carbocycles. The maximum atomic E-state index is 12.2. The van der Waals surface area contributed by atoms with Gasteiger partial charge in [0, 0.05) is 6.54 Å². The van der Waals surface area contributed by atoms with Crippen LogP contribution in [-0.4, -0.2) is 27.6 Å². The van der Waals surface area contributed by atoms with Gasteiger partial charge in [-0.1, -0.05) is 24.3 Å². The molecular weight excluding hydrogens is 312 g/mol. The highest BCUT2D eigenvalue weighted by atomic mass is 16.5. The highest BCUT2D eigenvalue weighted by Gasteiger charge is 2.18. The van der Waals surface area contributed by atoms with Crippen LogP contribution in [0.15, 0.2) is 52.6 Å². The number of aromatic hydroxyl groups is 1. The molecule has 2 rings (SSSR count). The van der Waals surface area contributed by atoms with Crippen LogP contribution in [0.25, 0.3) is 6.08 Å². The molecule has 0 aliphatic carbocycles. The summed E-state index contributed by atoms with van der Waals surface area (Å²) in [6.45, 7) is 3.42. The molecule has 0 bridgehead atoms. The zero-order valence-corrected chi connectivity index (χ0v) is 13.0. The number of hydrogen-bond acceptors (Lipinski definition) is 5. The number of aromatic nitrogens is 2. The van der Waals surface area contributed by atoms with Crippen LogP contribution in [0.1, 0.15) is 15.9 Å². The lowest BCUT2D eigenvalue weighted by Gasteiger charge is -2.07. The third kappa shape index (κ3) is 3.52. The fourth-order valence-corrected chi connectivity index (χ4v) is 2.05.